The molecule has 0 aromatic carbocycles. The number of rotatable bonds is 18. The Kier molecular flexibility index (Phi) is 16.7. The van der Waals surface area contributed by atoms with Crippen LogP contribution in [0.2, 0.25) is 12.1 Å². The first-order chi connectivity index (χ1) is 13.1. The van der Waals surface area contributed by atoms with Gasteiger partial charge in [0.2, 0.25) is 0 Å². The molecule has 0 spiro atoms. The summed E-state index contributed by atoms with van der Waals surface area (Å²) in [6.07, 6.45) is 12.3. The Morgan fingerprint density at radius 1 is 0.556 bits per heavy atom. The second kappa shape index (κ2) is 17.3. The topological polar surface area (TPSA) is 52.6 Å². The van der Waals surface area contributed by atoms with Crippen molar-refractivity contribution in [3.05, 3.63) is 0 Å². The standard InChI is InChI=1S/C22H44O4Si/c1-5-9-13-15-17-25-21(23)27(19-11-7-3,20-12-8-4)22(24)26-18-16-14-10-6-2/h5-20H2,1-4H3. The Labute approximate surface area is 168 Å². The van der Waals surface area contributed by atoms with E-state index in [0.29, 0.717) is 25.3 Å². The van der Waals surface area contributed by atoms with Crippen LogP contribution < -0.4 is 0 Å². The third kappa shape index (κ3) is 10.9. The van der Waals surface area contributed by atoms with Crippen LogP contribution in [0.25, 0.3) is 0 Å². The Hall–Kier alpha value is -0.843. The van der Waals surface area contributed by atoms with Crippen molar-refractivity contribution in [3.8, 4) is 0 Å². The van der Waals surface area contributed by atoms with E-state index < -0.39 is 8.07 Å². The van der Waals surface area contributed by atoms with Gasteiger partial charge < -0.3 is 9.47 Å². The maximum Gasteiger partial charge on any atom is 0.311 e. The molecule has 0 atom stereocenters. The largest absolute Gasteiger partial charge is 0.470 e. The molecule has 5 heteroatoms. The van der Waals surface area contributed by atoms with Gasteiger partial charge in [-0.15, -0.1) is 0 Å². The van der Waals surface area contributed by atoms with E-state index in [1.165, 1.54) is 0 Å². The van der Waals surface area contributed by atoms with Crippen molar-refractivity contribution in [1.29, 1.82) is 0 Å². The number of hydrogen-bond acceptors (Lipinski definition) is 4. The van der Waals surface area contributed by atoms with E-state index in [-0.39, 0.29) is 11.2 Å². The summed E-state index contributed by atoms with van der Waals surface area (Å²) in [4.78, 5) is 26.0. The summed E-state index contributed by atoms with van der Waals surface area (Å²) in [5.41, 5.74) is -0.445. The number of ether oxygens (including phenoxy) is 2. The summed E-state index contributed by atoms with van der Waals surface area (Å²) in [5, 5.41) is 0. The molecule has 0 saturated carbocycles. The van der Waals surface area contributed by atoms with E-state index in [0.717, 1.165) is 77.0 Å². The number of carbonyl (C=O) groups excluding carboxylic acids is 2. The Balaban J connectivity index is 4.95. The van der Waals surface area contributed by atoms with E-state index in [4.69, 9.17) is 9.47 Å². The van der Waals surface area contributed by atoms with Gasteiger partial charge >= 0.3 is 8.07 Å². The molecule has 0 saturated heterocycles. The average Bonchev–Trinajstić information content (AvgIpc) is 2.67. The summed E-state index contributed by atoms with van der Waals surface area (Å²) >= 11 is 0. The maximum atomic E-state index is 13.0. The van der Waals surface area contributed by atoms with E-state index >= 15 is 0 Å². The number of hydrogen-bond donors (Lipinski definition) is 0. The summed E-state index contributed by atoms with van der Waals surface area (Å²) in [6.45, 7) is 9.41. The SMILES string of the molecule is CCCCCCOC(=O)[Si](CCCC)(CCCC)C(=O)OCCCCCC. The van der Waals surface area contributed by atoms with E-state index in [1.54, 1.807) is 0 Å². The first-order valence-corrected chi connectivity index (χ1v) is 13.8. The lowest BCUT2D eigenvalue weighted by Crippen LogP contribution is -2.53. The number of unbranched alkanes of at least 4 members (excludes halogenated alkanes) is 8. The van der Waals surface area contributed by atoms with Gasteiger partial charge in [-0.05, 0) is 24.9 Å². The van der Waals surface area contributed by atoms with E-state index in [9.17, 15) is 9.59 Å². The molecule has 4 nitrogen and oxygen atoms in total. The van der Waals surface area contributed by atoms with Crippen LogP contribution in [0.15, 0.2) is 0 Å². The van der Waals surface area contributed by atoms with Crippen LogP contribution in [0.1, 0.15) is 105 Å². The van der Waals surface area contributed by atoms with Crippen molar-refractivity contribution in [1.82, 2.24) is 0 Å². The average molecular weight is 401 g/mol. The van der Waals surface area contributed by atoms with Gasteiger partial charge in [-0.25, -0.2) is 0 Å². The quantitative estimate of drug-likeness (QED) is 0.175. The predicted molar refractivity (Wildman–Crippen MR) is 116 cm³/mol. The zero-order valence-corrected chi connectivity index (χ0v) is 19.4. The van der Waals surface area contributed by atoms with Crippen LogP contribution in [0, 0.1) is 0 Å². The highest BCUT2D eigenvalue weighted by Gasteiger charge is 2.51. The van der Waals surface area contributed by atoms with Gasteiger partial charge in [0.05, 0.1) is 13.2 Å². The van der Waals surface area contributed by atoms with E-state index in [1.807, 2.05) is 0 Å². The molecule has 0 N–H and O–H groups in total. The second-order valence-electron chi connectivity index (χ2n) is 7.68. The molecule has 27 heavy (non-hydrogen) atoms. The Morgan fingerprint density at radius 2 is 0.926 bits per heavy atom. The van der Waals surface area contributed by atoms with Crippen LogP contribution in [-0.4, -0.2) is 32.5 Å². The molecule has 0 rings (SSSR count). The van der Waals surface area contributed by atoms with Crippen molar-refractivity contribution >= 4 is 19.3 Å². The molecule has 0 unspecified atom stereocenters. The zero-order valence-electron chi connectivity index (χ0n) is 18.4. The summed E-state index contributed by atoms with van der Waals surface area (Å²) in [7, 11) is -2.90. The van der Waals surface area contributed by atoms with Crippen molar-refractivity contribution in [2.75, 3.05) is 13.2 Å². The molecule has 0 heterocycles. The van der Waals surface area contributed by atoms with Gasteiger partial charge in [0.15, 0.2) is 0 Å². The Bertz CT molecular complexity index is 349. The molecule has 0 aromatic heterocycles. The zero-order chi connectivity index (χ0) is 20.4. The smallest absolute Gasteiger partial charge is 0.311 e. The summed E-state index contributed by atoms with van der Waals surface area (Å²) in [5.74, 6) is 0. The highest BCUT2D eigenvalue weighted by atomic mass is 28.3. The molecule has 0 fully saturated rings. The van der Waals surface area contributed by atoms with Crippen LogP contribution in [0.3, 0.4) is 0 Å². The second-order valence-corrected chi connectivity index (χ2v) is 11.7. The van der Waals surface area contributed by atoms with Crippen molar-refractivity contribution in [2.24, 2.45) is 0 Å². The lowest BCUT2D eigenvalue weighted by Gasteiger charge is -2.27. The minimum Gasteiger partial charge on any atom is -0.470 e. The molecule has 0 aliphatic rings. The van der Waals surface area contributed by atoms with Crippen LogP contribution in [0.5, 0.6) is 0 Å². The molecule has 0 aliphatic heterocycles. The normalized spacial score (nSPS) is 11.4. The minimum absolute atomic E-state index is 0.223. The fraction of sp³-hybridized carbons (Fsp3) is 0.909. The van der Waals surface area contributed by atoms with Crippen molar-refractivity contribution < 1.29 is 19.1 Å². The highest BCUT2D eigenvalue weighted by molar-refractivity contribution is 7.23. The molecular formula is C22H44O4Si. The van der Waals surface area contributed by atoms with Crippen molar-refractivity contribution in [3.63, 3.8) is 0 Å². The lowest BCUT2D eigenvalue weighted by molar-refractivity contribution is 0.157. The van der Waals surface area contributed by atoms with Crippen molar-refractivity contribution in [2.45, 2.75) is 117 Å². The molecule has 0 aliphatic carbocycles. The van der Waals surface area contributed by atoms with Crippen LogP contribution >= 0.6 is 0 Å². The van der Waals surface area contributed by atoms with Crippen LogP contribution in [0.4, 0.5) is 9.59 Å². The van der Waals surface area contributed by atoms with Gasteiger partial charge in [-0.1, -0.05) is 91.9 Å². The molecule has 0 aromatic rings. The summed E-state index contributed by atoms with van der Waals surface area (Å²) in [6, 6.07) is 1.34. The molecule has 0 amide bonds. The predicted octanol–water partition coefficient (Wildman–Crippen LogP) is 7.63. The fourth-order valence-electron chi connectivity index (χ4n) is 3.24. The Morgan fingerprint density at radius 3 is 1.26 bits per heavy atom. The van der Waals surface area contributed by atoms with Gasteiger partial charge in [0, 0.05) is 0 Å². The minimum atomic E-state index is -2.90. The van der Waals surface area contributed by atoms with Gasteiger partial charge in [-0.2, -0.15) is 0 Å². The molecular weight excluding hydrogens is 356 g/mol. The first kappa shape index (κ1) is 26.2. The van der Waals surface area contributed by atoms with E-state index in [2.05, 4.69) is 27.7 Å². The monoisotopic (exact) mass is 400 g/mol. The molecule has 0 radical (unpaired) electrons. The third-order valence-corrected chi connectivity index (χ3v) is 9.42. The molecule has 0 bridgehead atoms. The van der Waals surface area contributed by atoms with Crippen LogP contribution in [-0.2, 0) is 9.47 Å². The first-order valence-electron chi connectivity index (χ1n) is 11.4. The lowest BCUT2D eigenvalue weighted by atomic mass is 10.2. The summed E-state index contributed by atoms with van der Waals surface area (Å²) < 4.78 is 11.3. The van der Waals surface area contributed by atoms with Gasteiger partial charge in [0.1, 0.15) is 0 Å². The van der Waals surface area contributed by atoms with Gasteiger partial charge in [0.25, 0.3) is 11.2 Å². The molecule has 160 valence electrons. The maximum absolute atomic E-state index is 13.0. The highest BCUT2D eigenvalue weighted by Crippen LogP contribution is 2.27. The third-order valence-electron chi connectivity index (χ3n) is 5.16. The fourth-order valence-corrected chi connectivity index (χ4v) is 7.14. The van der Waals surface area contributed by atoms with Gasteiger partial charge in [-0.3, -0.25) is 9.59 Å². The number of carbonyl (C=O) groups is 2.